The Morgan fingerprint density at radius 1 is 1.05 bits per heavy atom. The van der Waals surface area contributed by atoms with Gasteiger partial charge < -0.3 is 10.1 Å². The molecule has 0 aliphatic rings. The van der Waals surface area contributed by atoms with E-state index in [9.17, 15) is 4.79 Å². The minimum absolute atomic E-state index is 0.105. The van der Waals surface area contributed by atoms with E-state index >= 15 is 0 Å². The first-order valence-corrected chi connectivity index (χ1v) is 6.38. The second-order valence-electron chi connectivity index (χ2n) is 4.28. The molecule has 2 aromatic rings. The van der Waals surface area contributed by atoms with Gasteiger partial charge in [-0.25, -0.2) is 0 Å². The fourth-order valence-electron chi connectivity index (χ4n) is 1.90. The lowest BCUT2D eigenvalue weighted by Gasteiger charge is -2.07. The van der Waals surface area contributed by atoms with E-state index in [1.807, 2.05) is 60.7 Å². The van der Waals surface area contributed by atoms with Gasteiger partial charge in [-0.2, -0.15) is 0 Å². The Labute approximate surface area is 118 Å². The van der Waals surface area contributed by atoms with Gasteiger partial charge in [-0.1, -0.05) is 42.5 Å². The van der Waals surface area contributed by atoms with Gasteiger partial charge in [0.2, 0.25) is 0 Å². The summed E-state index contributed by atoms with van der Waals surface area (Å²) in [6, 6.07) is 17.2. The Kier molecular flexibility index (Phi) is 4.56. The third kappa shape index (κ3) is 3.26. The molecule has 0 atom stereocenters. The first-order chi connectivity index (χ1) is 9.74. The van der Waals surface area contributed by atoms with Crippen LogP contribution in [0, 0.1) is 0 Å². The summed E-state index contributed by atoms with van der Waals surface area (Å²) in [5, 5.41) is 2.67. The van der Waals surface area contributed by atoms with Gasteiger partial charge in [0.25, 0.3) is 5.91 Å². The van der Waals surface area contributed by atoms with Crippen molar-refractivity contribution in [3.8, 4) is 5.75 Å². The van der Waals surface area contributed by atoms with E-state index in [4.69, 9.17) is 4.74 Å². The van der Waals surface area contributed by atoms with Crippen molar-refractivity contribution >= 4 is 17.6 Å². The molecular weight excluding hydrogens is 250 g/mol. The van der Waals surface area contributed by atoms with Gasteiger partial charge in [-0.05, 0) is 29.3 Å². The van der Waals surface area contributed by atoms with Gasteiger partial charge in [-0.3, -0.25) is 4.79 Å². The summed E-state index contributed by atoms with van der Waals surface area (Å²) < 4.78 is 5.13. The molecule has 0 aromatic heterocycles. The van der Waals surface area contributed by atoms with E-state index < -0.39 is 0 Å². The van der Waals surface area contributed by atoms with Crippen molar-refractivity contribution in [2.75, 3.05) is 14.2 Å². The van der Waals surface area contributed by atoms with Crippen molar-refractivity contribution < 1.29 is 9.53 Å². The Hall–Kier alpha value is -2.55. The molecular formula is C17H17NO2. The van der Waals surface area contributed by atoms with Crippen LogP contribution in [0.4, 0.5) is 0 Å². The number of rotatable bonds is 4. The van der Waals surface area contributed by atoms with E-state index in [1.54, 1.807) is 14.2 Å². The second-order valence-corrected chi connectivity index (χ2v) is 4.28. The van der Waals surface area contributed by atoms with Gasteiger partial charge in [0.1, 0.15) is 5.75 Å². The zero-order valence-electron chi connectivity index (χ0n) is 11.6. The third-order valence-corrected chi connectivity index (χ3v) is 2.98. The monoisotopic (exact) mass is 267 g/mol. The van der Waals surface area contributed by atoms with E-state index in [0.717, 1.165) is 16.9 Å². The largest absolute Gasteiger partial charge is 0.497 e. The summed E-state index contributed by atoms with van der Waals surface area (Å²) >= 11 is 0. The molecule has 0 spiro atoms. The molecule has 3 nitrogen and oxygen atoms in total. The van der Waals surface area contributed by atoms with E-state index in [2.05, 4.69) is 5.32 Å². The number of benzene rings is 2. The van der Waals surface area contributed by atoms with E-state index in [-0.39, 0.29) is 5.91 Å². The fraction of sp³-hybridized carbons (Fsp3) is 0.118. The van der Waals surface area contributed by atoms with Crippen LogP contribution in [-0.2, 0) is 4.79 Å². The number of likely N-dealkylation sites (N-methyl/N-ethyl adjacent to an activating group) is 1. The summed E-state index contributed by atoms with van der Waals surface area (Å²) in [6.07, 6.45) is 1.87. The molecule has 0 saturated heterocycles. The van der Waals surface area contributed by atoms with Crippen LogP contribution in [0.2, 0.25) is 0 Å². The first-order valence-electron chi connectivity index (χ1n) is 6.38. The zero-order chi connectivity index (χ0) is 14.4. The zero-order valence-corrected chi connectivity index (χ0v) is 11.6. The average Bonchev–Trinajstić information content (AvgIpc) is 2.53. The summed E-state index contributed by atoms with van der Waals surface area (Å²) in [6.45, 7) is 0. The van der Waals surface area contributed by atoms with Gasteiger partial charge in [-0.15, -0.1) is 0 Å². The van der Waals surface area contributed by atoms with Crippen LogP contribution in [-0.4, -0.2) is 20.1 Å². The molecule has 2 rings (SSSR count). The van der Waals surface area contributed by atoms with Gasteiger partial charge in [0.15, 0.2) is 0 Å². The number of nitrogens with one attached hydrogen (secondary N) is 1. The highest BCUT2D eigenvalue weighted by atomic mass is 16.5. The van der Waals surface area contributed by atoms with Crippen LogP contribution in [0.3, 0.4) is 0 Å². The van der Waals surface area contributed by atoms with Crippen LogP contribution < -0.4 is 10.1 Å². The molecule has 1 amide bonds. The maximum atomic E-state index is 12.0. The molecule has 20 heavy (non-hydrogen) atoms. The number of amides is 1. The SMILES string of the molecule is CNC(=O)/C(=C/c1ccc(OC)cc1)c1ccccc1. The first kappa shape index (κ1) is 13.9. The predicted molar refractivity (Wildman–Crippen MR) is 81.4 cm³/mol. The predicted octanol–water partition coefficient (Wildman–Crippen LogP) is 2.98. The van der Waals surface area contributed by atoms with Gasteiger partial charge >= 0.3 is 0 Å². The maximum Gasteiger partial charge on any atom is 0.251 e. The van der Waals surface area contributed by atoms with E-state index in [1.165, 1.54) is 0 Å². The molecule has 0 radical (unpaired) electrons. The average molecular weight is 267 g/mol. The standard InChI is InChI=1S/C17H17NO2/c1-18-17(19)16(14-6-4-3-5-7-14)12-13-8-10-15(20-2)11-9-13/h3-12H,1-2H3,(H,18,19)/b16-12+. The van der Waals surface area contributed by atoms with Crippen LogP contribution in [0.1, 0.15) is 11.1 Å². The molecule has 0 unspecified atom stereocenters. The highest BCUT2D eigenvalue weighted by molar-refractivity contribution is 6.24. The topological polar surface area (TPSA) is 38.3 Å². The quantitative estimate of drug-likeness (QED) is 0.683. The van der Waals surface area contributed by atoms with Crippen molar-refractivity contribution in [1.82, 2.24) is 5.32 Å². The second kappa shape index (κ2) is 6.57. The summed E-state index contributed by atoms with van der Waals surface area (Å²) in [7, 11) is 3.26. The summed E-state index contributed by atoms with van der Waals surface area (Å²) in [5.41, 5.74) is 2.48. The Morgan fingerprint density at radius 3 is 2.25 bits per heavy atom. The molecule has 0 heterocycles. The van der Waals surface area contributed by atoms with Crippen molar-refractivity contribution in [3.05, 3.63) is 65.7 Å². The molecule has 0 aliphatic heterocycles. The van der Waals surface area contributed by atoms with Gasteiger partial charge in [0.05, 0.1) is 7.11 Å². The molecule has 3 heteroatoms. The Morgan fingerprint density at radius 2 is 1.70 bits per heavy atom. The number of hydrogen-bond donors (Lipinski definition) is 1. The maximum absolute atomic E-state index is 12.0. The number of hydrogen-bond acceptors (Lipinski definition) is 2. The molecule has 2 aromatic carbocycles. The van der Waals surface area contributed by atoms with Crippen molar-refractivity contribution in [2.24, 2.45) is 0 Å². The van der Waals surface area contributed by atoms with Crippen LogP contribution >= 0.6 is 0 Å². The van der Waals surface area contributed by atoms with Crippen molar-refractivity contribution in [3.63, 3.8) is 0 Å². The Bertz CT molecular complexity index is 601. The minimum Gasteiger partial charge on any atom is -0.497 e. The fourth-order valence-corrected chi connectivity index (χ4v) is 1.90. The number of carbonyl (C=O) groups is 1. The lowest BCUT2D eigenvalue weighted by Crippen LogP contribution is -2.19. The lowest BCUT2D eigenvalue weighted by atomic mass is 10.0. The van der Waals surface area contributed by atoms with Crippen LogP contribution in [0.15, 0.2) is 54.6 Å². The Balaban J connectivity index is 2.40. The number of methoxy groups -OCH3 is 1. The molecule has 102 valence electrons. The highest BCUT2D eigenvalue weighted by Crippen LogP contribution is 2.20. The lowest BCUT2D eigenvalue weighted by molar-refractivity contribution is -0.115. The molecule has 0 aliphatic carbocycles. The van der Waals surface area contributed by atoms with E-state index in [0.29, 0.717) is 5.57 Å². The van der Waals surface area contributed by atoms with Crippen LogP contribution in [0.25, 0.3) is 11.6 Å². The summed E-state index contributed by atoms with van der Waals surface area (Å²) in [4.78, 5) is 12.0. The molecule has 1 N–H and O–H groups in total. The minimum atomic E-state index is -0.105. The highest BCUT2D eigenvalue weighted by Gasteiger charge is 2.09. The van der Waals surface area contributed by atoms with Crippen molar-refractivity contribution in [2.45, 2.75) is 0 Å². The number of carbonyl (C=O) groups excluding carboxylic acids is 1. The van der Waals surface area contributed by atoms with Crippen LogP contribution in [0.5, 0.6) is 5.75 Å². The molecule has 0 bridgehead atoms. The summed E-state index contributed by atoms with van der Waals surface area (Å²) in [5.74, 6) is 0.690. The van der Waals surface area contributed by atoms with Crippen molar-refractivity contribution in [1.29, 1.82) is 0 Å². The molecule has 0 fully saturated rings. The third-order valence-electron chi connectivity index (χ3n) is 2.98. The normalized spacial score (nSPS) is 11.0. The number of ether oxygens (including phenoxy) is 1. The smallest absolute Gasteiger partial charge is 0.251 e. The molecule has 0 saturated carbocycles. The van der Waals surface area contributed by atoms with Gasteiger partial charge in [0, 0.05) is 12.6 Å².